The molecule has 1 aliphatic carbocycles. The number of rotatable bonds is 1. The van der Waals surface area contributed by atoms with Crippen LogP contribution in [-0.4, -0.2) is 4.98 Å². The van der Waals surface area contributed by atoms with Crippen molar-refractivity contribution in [3.63, 3.8) is 0 Å². The fourth-order valence-electron chi connectivity index (χ4n) is 1.12. The summed E-state index contributed by atoms with van der Waals surface area (Å²) in [6.45, 7) is 0. The molecule has 2 rings (SSSR count). The number of pyridine rings is 1. The minimum Gasteiger partial charge on any atom is -0.397 e. The second-order valence-corrected chi connectivity index (χ2v) is 2.83. The number of hydrogen-bond donors (Lipinski definition) is 1. The summed E-state index contributed by atoms with van der Waals surface area (Å²) in [5.74, 6) is 0.760. The molecule has 11 heavy (non-hydrogen) atoms. The number of hydrogen-bond acceptors (Lipinski definition) is 2. The molecule has 0 amide bonds. The Kier molecular flexibility index (Phi) is 2.35. The van der Waals surface area contributed by atoms with Crippen LogP contribution in [0.15, 0.2) is 18.5 Å². The van der Waals surface area contributed by atoms with Crippen LogP contribution < -0.4 is 5.73 Å². The zero-order valence-electron chi connectivity index (χ0n) is 6.16. The first-order valence-electron chi connectivity index (χ1n) is 3.56. The molecule has 0 spiro atoms. The Balaban J connectivity index is 0.000000605. The Hall–Kier alpha value is -0.760. The molecular formula is C8H11ClN2. The summed E-state index contributed by atoms with van der Waals surface area (Å²) in [4.78, 5) is 4.02. The first-order chi connectivity index (χ1) is 4.86. The Labute approximate surface area is 72.2 Å². The SMILES string of the molecule is Cl.Nc1cncc(C2CC2)c1. The van der Waals surface area contributed by atoms with Crippen molar-refractivity contribution in [2.75, 3.05) is 5.73 Å². The molecule has 2 N–H and O–H groups in total. The van der Waals surface area contributed by atoms with Crippen LogP contribution in [0.4, 0.5) is 5.69 Å². The molecule has 0 bridgehead atoms. The smallest absolute Gasteiger partial charge is 0.0503 e. The molecule has 0 saturated heterocycles. The molecule has 1 aliphatic rings. The van der Waals surface area contributed by atoms with E-state index in [4.69, 9.17) is 5.73 Å². The average Bonchev–Trinajstić information content (AvgIpc) is 2.68. The number of aromatic nitrogens is 1. The van der Waals surface area contributed by atoms with E-state index in [2.05, 4.69) is 4.98 Å². The van der Waals surface area contributed by atoms with Gasteiger partial charge in [-0.2, -0.15) is 0 Å². The Morgan fingerprint density at radius 2 is 2.09 bits per heavy atom. The van der Waals surface area contributed by atoms with Gasteiger partial charge in [0.1, 0.15) is 0 Å². The normalized spacial score (nSPS) is 15.6. The maximum Gasteiger partial charge on any atom is 0.0503 e. The molecule has 1 fully saturated rings. The number of halogens is 1. The van der Waals surface area contributed by atoms with Crippen LogP contribution >= 0.6 is 12.4 Å². The summed E-state index contributed by atoms with van der Waals surface area (Å²) in [5, 5.41) is 0. The summed E-state index contributed by atoms with van der Waals surface area (Å²) in [6.07, 6.45) is 6.22. The largest absolute Gasteiger partial charge is 0.397 e. The Bertz CT molecular complexity index is 246. The van der Waals surface area contributed by atoms with Gasteiger partial charge in [-0.1, -0.05) is 0 Å². The first kappa shape index (κ1) is 8.34. The number of nitrogens with zero attached hydrogens (tertiary/aromatic N) is 1. The van der Waals surface area contributed by atoms with E-state index in [0.29, 0.717) is 0 Å². The van der Waals surface area contributed by atoms with Crippen molar-refractivity contribution in [3.05, 3.63) is 24.0 Å². The molecule has 2 nitrogen and oxygen atoms in total. The fourth-order valence-corrected chi connectivity index (χ4v) is 1.12. The molecule has 3 heteroatoms. The molecule has 0 aromatic carbocycles. The average molecular weight is 171 g/mol. The van der Waals surface area contributed by atoms with Crippen molar-refractivity contribution in [2.24, 2.45) is 0 Å². The van der Waals surface area contributed by atoms with E-state index in [1.165, 1.54) is 18.4 Å². The molecule has 1 heterocycles. The van der Waals surface area contributed by atoms with Crippen LogP contribution in [0.2, 0.25) is 0 Å². The van der Waals surface area contributed by atoms with E-state index in [1.807, 2.05) is 12.3 Å². The van der Waals surface area contributed by atoms with Crippen molar-refractivity contribution in [1.82, 2.24) is 4.98 Å². The highest BCUT2D eigenvalue weighted by atomic mass is 35.5. The van der Waals surface area contributed by atoms with Crippen molar-refractivity contribution in [3.8, 4) is 0 Å². The maximum absolute atomic E-state index is 5.56. The highest BCUT2D eigenvalue weighted by Gasteiger charge is 2.23. The number of anilines is 1. The van der Waals surface area contributed by atoms with Crippen LogP contribution in [-0.2, 0) is 0 Å². The number of nitrogen functional groups attached to an aromatic ring is 1. The zero-order valence-corrected chi connectivity index (χ0v) is 6.97. The molecule has 0 aliphatic heterocycles. The van der Waals surface area contributed by atoms with E-state index >= 15 is 0 Å². The third-order valence-corrected chi connectivity index (χ3v) is 1.83. The highest BCUT2D eigenvalue weighted by Crippen LogP contribution is 2.39. The van der Waals surface area contributed by atoms with Gasteiger partial charge in [-0.25, -0.2) is 0 Å². The second kappa shape index (κ2) is 3.09. The lowest BCUT2D eigenvalue weighted by atomic mass is 10.2. The lowest BCUT2D eigenvalue weighted by molar-refractivity contribution is 1.10. The summed E-state index contributed by atoms with van der Waals surface area (Å²) in [7, 11) is 0. The monoisotopic (exact) mass is 170 g/mol. The van der Waals surface area contributed by atoms with E-state index < -0.39 is 0 Å². The van der Waals surface area contributed by atoms with Gasteiger partial charge in [0.15, 0.2) is 0 Å². The lowest BCUT2D eigenvalue weighted by Crippen LogP contribution is -1.88. The van der Waals surface area contributed by atoms with Gasteiger partial charge in [0.2, 0.25) is 0 Å². The van der Waals surface area contributed by atoms with Crippen molar-refractivity contribution in [1.29, 1.82) is 0 Å². The molecular weight excluding hydrogens is 160 g/mol. The van der Waals surface area contributed by atoms with Gasteiger partial charge in [0.25, 0.3) is 0 Å². The van der Waals surface area contributed by atoms with Crippen LogP contribution in [0.3, 0.4) is 0 Å². The summed E-state index contributed by atoms with van der Waals surface area (Å²) in [6, 6.07) is 2.02. The van der Waals surface area contributed by atoms with Gasteiger partial charge in [-0.15, -0.1) is 12.4 Å². The second-order valence-electron chi connectivity index (χ2n) is 2.83. The predicted molar refractivity (Wildman–Crippen MR) is 47.9 cm³/mol. The third kappa shape index (κ3) is 1.84. The van der Waals surface area contributed by atoms with Crippen LogP contribution in [0, 0.1) is 0 Å². The van der Waals surface area contributed by atoms with Gasteiger partial charge >= 0.3 is 0 Å². The molecule has 60 valence electrons. The van der Waals surface area contributed by atoms with Crippen molar-refractivity contribution >= 4 is 18.1 Å². The van der Waals surface area contributed by atoms with Crippen LogP contribution in [0.5, 0.6) is 0 Å². The Morgan fingerprint density at radius 3 is 2.64 bits per heavy atom. The van der Waals surface area contributed by atoms with E-state index in [9.17, 15) is 0 Å². The van der Waals surface area contributed by atoms with Gasteiger partial charge in [-0.05, 0) is 30.4 Å². The first-order valence-corrected chi connectivity index (χ1v) is 3.56. The minimum atomic E-state index is 0. The van der Waals surface area contributed by atoms with E-state index in [0.717, 1.165) is 11.6 Å². The quantitative estimate of drug-likeness (QED) is 0.700. The summed E-state index contributed by atoms with van der Waals surface area (Å²) < 4.78 is 0. The lowest BCUT2D eigenvalue weighted by Gasteiger charge is -1.96. The maximum atomic E-state index is 5.56. The third-order valence-electron chi connectivity index (χ3n) is 1.83. The Morgan fingerprint density at radius 1 is 1.36 bits per heavy atom. The van der Waals surface area contributed by atoms with Crippen molar-refractivity contribution in [2.45, 2.75) is 18.8 Å². The molecule has 0 unspecified atom stereocenters. The fraction of sp³-hybridized carbons (Fsp3) is 0.375. The molecule has 0 atom stereocenters. The number of nitrogens with two attached hydrogens (primary N) is 1. The van der Waals surface area contributed by atoms with E-state index in [-0.39, 0.29) is 12.4 Å². The summed E-state index contributed by atoms with van der Waals surface area (Å²) in [5.41, 5.74) is 7.65. The van der Waals surface area contributed by atoms with Crippen LogP contribution in [0.25, 0.3) is 0 Å². The van der Waals surface area contributed by atoms with Gasteiger partial charge in [-0.3, -0.25) is 4.98 Å². The zero-order chi connectivity index (χ0) is 6.97. The minimum absolute atomic E-state index is 0. The van der Waals surface area contributed by atoms with E-state index in [1.54, 1.807) is 6.20 Å². The van der Waals surface area contributed by atoms with Gasteiger partial charge in [0.05, 0.1) is 5.69 Å². The predicted octanol–water partition coefficient (Wildman–Crippen LogP) is 1.96. The summed E-state index contributed by atoms with van der Waals surface area (Å²) >= 11 is 0. The molecule has 1 aromatic rings. The standard InChI is InChI=1S/C8H10N2.ClH/c9-8-3-7(4-10-5-8)6-1-2-6;/h3-6H,1-2,9H2;1H. The van der Waals surface area contributed by atoms with Crippen LogP contribution in [0.1, 0.15) is 24.3 Å². The molecule has 1 aromatic heterocycles. The highest BCUT2D eigenvalue weighted by molar-refractivity contribution is 5.85. The molecule has 0 radical (unpaired) electrons. The van der Waals surface area contributed by atoms with Gasteiger partial charge in [0, 0.05) is 12.4 Å². The molecule has 1 saturated carbocycles. The van der Waals surface area contributed by atoms with Gasteiger partial charge < -0.3 is 5.73 Å². The topological polar surface area (TPSA) is 38.9 Å². The van der Waals surface area contributed by atoms with Crippen molar-refractivity contribution < 1.29 is 0 Å².